The van der Waals surface area contributed by atoms with E-state index in [1.807, 2.05) is 42.6 Å². The maximum absolute atomic E-state index is 15.1. The molecule has 2 aliphatic rings. The predicted octanol–water partition coefficient (Wildman–Crippen LogP) is 5.90. The smallest absolute Gasteiger partial charge is 0.133 e. The molecule has 2 aromatic heterocycles. The summed E-state index contributed by atoms with van der Waals surface area (Å²) in [5.41, 5.74) is 4.92. The van der Waals surface area contributed by atoms with Crippen molar-refractivity contribution in [2.24, 2.45) is 0 Å². The Hall–Kier alpha value is -3.29. The second kappa shape index (κ2) is 9.06. The lowest BCUT2D eigenvalue weighted by Gasteiger charge is -2.08. The van der Waals surface area contributed by atoms with Crippen LogP contribution in [-0.4, -0.2) is 32.0 Å². The lowest BCUT2D eigenvalue weighted by atomic mass is 10.0. The van der Waals surface area contributed by atoms with E-state index in [0.29, 0.717) is 29.4 Å². The molecule has 2 aromatic carbocycles. The van der Waals surface area contributed by atoms with Gasteiger partial charge in [-0.3, -0.25) is 0 Å². The quantitative estimate of drug-likeness (QED) is 0.293. The second-order valence-electron chi connectivity index (χ2n) is 10.0. The maximum Gasteiger partial charge on any atom is 0.133 e. The molecule has 4 N–H and O–H groups in total. The van der Waals surface area contributed by atoms with Gasteiger partial charge in [0.1, 0.15) is 17.5 Å². The molecule has 0 unspecified atom stereocenters. The van der Waals surface area contributed by atoms with Gasteiger partial charge in [-0.05, 0) is 62.8 Å². The van der Waals surface area contributed by atoms with Crippen LogP contribution in [0.15, 0.2) is 54.9 Å². The molecule has 0 saturated carbocycles. The average molecular weight is 471 g/mol. The zero-order valence-corrected chi connectivity index (χ0v) is 20.1. The number of aromatic amines is 2. The van der Waals surface area contributed by atoms with Crippen LogP contribution >= 0.6 is 0 Å². The molecule has 0 radical (unpaired) electrons. The molecular formula is C28H31FN6. The number of hydrogen-bond donors (Lipinski definition) is 4. The summed E-state index contributed by atoms with van der Waals surface area (Å²) in [5.74, 6) is 1.60. The Morgan fingerprint density at radius 3 is 1.80 bits per heavy atom. The molecule has 0 amide bonds. The van der Waals surface area contributed by atoms with Crippen molar-refractivity contribution < 1.29 is 4.39 Å². The summed E-state index contributed by atoms with van der Waals surface area (Å²) < 4.78 is 15.1. The standard InChI is InChI=1S/C28H31FN6/c1-16-3-11-23(32-16)27-30-14-25(34-27)19-7-5-18(6-8-19)20-9-10-21(22(29)13-20)26-15-31-28(35-26)24-12-4-17(2)33-24/h5-10,13-17,23-24,32-33H,3-4,11-12H2,1-2H3,(H,30,34)(H,31,35)/t16-,17-,23-,24-/m0/s1. The molecule has 180 valence electrons. The molecule has 4 aromatic rings. The number of hydrogen-bond acceptors (Lipinski definition) is 4. The van der Waals surface area contributed by atoms with E-state index in [4.69, 9.17) is 4.98 Å². The number of imidazole rings is 2. The van der Waals surface area contributed by atoms with Crippen LogP contribution in [-0.2, 0) is 0 Å². The van der Waals surface area contributed by atoms with E-state index in [-0.39, 0.29) is 11.9 Å². The maximum atomic E-state index is 15.1. The number of nitrogens with zero attached hydrogens (tertiary/aromatic N) is 2. The minimum atomic E-state index is -0.271. The molecule has 2 saturated heterocycles. The summed E-state index contributed by atoms with van der Waals surface area (Å²) in [4.78, 5) is 16.0. The van der Waals surface area contributed by atoms with Crippen LogP contribution < -0.4 is 10.6 Å². The number of halogens is 1. The SMILES string of the molecule is C[C@H]1CC[C@@H](c2nc(-c3ccc(-c4ccc(-c5c[nH]c([C@@H]6CC[C@H](C)N6)n5)c(F)c4)cc3)c[nH]2)N1. The van der Waals surface area contributed by atoms with Gasteiger partial charge in [-0.25, -0.2) is 14.4 Å². The second-order valence-corrected chi connectivity index (χ2v) is 10.0. The zero-order valence-electron chi connectivity index (χ0n) is 20.1. The molecule has 0 bridgehead atoms. The number of aromatic nitrogens is 4. The van der Waals surface area contributed by atoms with Gasteiger partial charge in [-0.2, -0.15) is 0 Å². The van der Waals surface area contributed by atoms with Gasteiger partial charge in [0.15, 0.2) is 0 Å². The predicted molar refractivity (Wildman–Crippen MR) is 136 cm³/mol. The summed E-state index contributed by atoms with van der Waals surface area (Å²) >= 11 is 0. The molecule has 6 rings (SSSR count). The van der Waals surface area contributed by atoms with Crippen molar-refractivity contribution in [3.8, 4) is 33.6 Å². The number of H-pyrrole nitrogens is 2. The lowest BCUT2D eigenvalue weighted by molar-refractivity contribution is 0.564. The van der Waals surface area contributed by atoms with E-state index in [0.717, 1.165) is 53.3 Å². The van der Waals surface area contributed by atoms with Gasteiger partial charge in [-0.15, -0.1) is 0 Å². The molecule has 4 heterocycles. The van der Waals surface area contributed by atoms with Gasteiger partial charge >= 0.3 is 0 Å². The number of benzene rings is 2. The minimum absolute atomic E-state index is 0.211. The third kappa shape index (κ3) is 4.42. The van der Waals surface area contributed by atoms with E-state index < -0.39 is 0 Å². The third-order valence-corrected chi connectivity index (χ3v) is 7.36. The van der Waals surface area contributed by atoms with Gasteiger partial charge in [-0.1, -0.05) is 30.3 Å². The lowest BCUT2D eigenvalue weighted by Crippen LogP contribution is -2.21. The Bertz CT molecular complexity index is 1320. The van der Waals surface area contributed by atoms with Crippen LogP contribution in [0.5, 0.6) is 0 Å². The number of nitrogens with one attached hydrogen (secondary N) is 4. The first-order valence-electron chi connectivity index (χ1n) is 12.6. The van der Waals surface area contributed by atoms with E-state index in [1.165, 1.54) is 6.42 Å². The first kappa shape index (κ1) is 22.2. The Morgan fingerprint density at radius 2 is 1.23 bits per heavy atom. The van der Waals surface area contributed by atoms with E-state index in [2.05, 4.69) is 39.4 Å². The van der Waals surface area contributed by atoms with Crippen molar-refractivity contribution in [1.29, 1.82) is 0 Å². The van der Waals surface area contributed by atoms with Crippen molar-refractivity contribution in [2.45, 2.75) is 63.7 Å². The molecule has 0 aliphatic carbocycles. The molecule has 6 nitrogen and oxygen atoms in total. The summed E-state index contributed by atoms with van der Waals surface area (Å²) in [7, 11) is 0. The highest BCUT2D eigenvalue weighted by atomic mass is 19.1. The Kier molecular flexibility index (Phi) is 5.74. The highest BCUT2D eigenvalue weighted by molar-refractivity contribution is 5.72. The fraction of sp³-hybridized carbons (Fsp3) is 0.357. The largest absolute Gasteiger partial charge is 0.347 e. The first-order valence-corrected chi connectivity index (χ1v) is 12.6. The average Bonchev–Trinajstić information content (AvgIpc) is 3.66. The molecular weight excluding hydrogens is 439 g/mol. The van der Waals surface area contributed by atoms with Crippen molar-refractivity contribution >= 4 is 0 Å². The Morgan fingerprint density at radius 1 is 0.686 bits per heavy atom. The number of rotatable bonds is 5. The third-order valence-electron chi connectivity index (χ3n) is 7.36. The summed E-state index contributed by atoms with van der Waals surface area (Å²) in [6.45, 7) is 4.38. The highest BCUT2D eigenvalue weighted by Crippen LogP contribution is 2.31. The summed E-state index contributed by atoms with van der Waals surface area (Å²) in [5, 5.41) is 7.08. The van der Waals surface area contributed by atoms with Gasteiger partial charge < -0.3 is 20.6 Å². The van der Waals surface area contributed by atoms with E-state index in [9.17, 15) is 0 Å². The topological polar surface area (TPSA) is 81.4 Å². The van der Waals surface area contributed by atoms with Crippen molar-refractivity contribution in [2.75, 3.05) is 0 Å². The van der Waals surface area contributed by atoms with Crippen LogP contribution in [0.2, 0.25) is 0 Å². The van der Waals surface area contributed by atoms with Crippen LogP contribution in [0.3, 0.4) is 0 Å². The Balaban J connectivity index is 1.18. The van der Waals surface area contributed by atoms with Crippen molar-refractivity contribution in [3.05, 3.63) is 72.3 Å². The monoisotopic (exact) mass is 470 g/mol. The molecule has 2 aliphatic heterocycles. The zero-order chi connectivity index (χ0) is 23.9. The highest BCUT2D eigenvalue weighted by Gasteiger charge is 2.25. The normalized spacial score (nSPS) is 24.3. The van der Waals surface area contributed by atoms with Crippen molar-refractivity contribution in [3.63, 3.8) is 0 Å². The molecule has 35 heavy (non-hydrogen) atoms. The fourth-order valence-corrected chi connectivity index (χ4v) is 5.34. The van der Waals surface area contributed by atoms with Crippen molar-refractivity contribution in [1.82, 2.24) is 30.6 Å². The van der Waals surface area contributed by atoms with Crippen LogP contribution in [0.1, 0.15) is 63.3 Å². The summed E-state index contributed by atoms with van der Waals surface area (Å²) in [6, 6.07) is 15.0. The van der Waals surface area contributed by atoms with Crippen LogP contribution in [0, 0.1) is 5.82 Å². The van der Waals surface area contributed by atoms with E-state index in [1.54, 1.807) is 12.3 Å². The van der Waals surface area contributed by atoms with E-state index >= 15 is 4.39 Å². The molecule has 2 fully saturated rings. The Labute approximate surface area is 204 Å². The molecule has 7 heteroatoms. The molecule has 0 spiro atoms. The minimum Gasteiger partial charge on any atom is -0.347 e. The van der Waals surface area contributed by atoms with Crippen LogP contribution in [0.4, 0.5) is 4.39 Å². The summed E-state index contributed by atoms with van der Waals surface area (Å²) in [6.07, 6.45) is 8.20. The first-order chi connectivity index (χ1) is 17.0. The van der Waals surface area contributed by atoms with Gasteiger partial charge in [0.25, 0.3) is 0 Å². The van der Waals surface area contributed by atoms with Gasteiger partial charge in [0.2, 0.25) is 0 Å². The van der Waals surface area contributed by atoms with Gasteiger partial charge in [0.05, 0.1) is 23.5 Å². The molecule has 4 atom stereocenters. The van der Waals surface area contributed by atoms with Crippen LogP contribution in [0.25, 0.3) is 33.6 Å². The fourth-order valence-electron chi connectivity index (χ4n) is 5.34. The van der Waals surface area contributed by atoms with Gasteiger partial charge in [0, 0.05) is 35.6 Å².